The standard InChI is InChI=1S/C25H29N5O/c26-24-19(8-10-23-21(24)6-3-11-28-23)15-7-9-22-16(12-15)13-17(14-29-22)18-4-1-2-5-20(18)25(31)30-27/h1-6,8,10-11,15-17,22,29H,7,9,12-14,26-27H2,(H,30,31). The third-order valence-corrected chi connectivity index (χ3v) is 7.27. The maximum Gasteiger partial charge on any atom is 0.265 e. The highest BCUT2D eigenvalue weighted by atomic mass is 16.2. The summed E-state index contributed by atoms with van der Waals surface area (Å²) < 4.78 is 0. The van der Waals surface area contributed by atoms with Gasteiger partial charge in [-0.3, -0.25) is 15.2 Å². The van der Waals surface area contributed by atoms with Gasteiger partial charge in [0.15, 0.2) is 0 Å². The van der Waals surface area contributed by atoms with Crippen LogP contribution in [-0.4, -0.2) is 23.5 Å². The summed E-state index contributed by atoms with van der Waals surface area (Å²) in [5, 5.41) is 4.81. The van der Waals surface area contributed by atoms with E-state index >= 15 is 0 Å². The molecule has 1 saturated carbocycles. The minimum Gasteiger partial charge on any atom is -0.398 e. The van der Waals surface area contributed by atoms with E-state index in [1.54, 1.807) is 0 Å². The van der Waals surface area contributed by atoms with Gasteiger partial charge in [0, 0.05) is 35.4 Å². The van der Waals surface area contributed by atoms with Crippen molar-refractivity contribution < 1.29 is 4.79 Å². The molecular formula is C25H29N5O. The Hall–Kier alpha value is -2.96. The number of rotatable bonds is 3. The molecule has 160 valence electrons. The van der Waals surface area contributed by atoms with Crippen molar-refractivity contribution in [3.8, 4) is 0 Å². The zero-order chi connectivity index (χ0) is 21.4. The van der Waals surface area contributed by atoms with Crippen molar-refractivity contribution in [2.75, 3.05) is 12.3 Å². The van der Waals surface area contributed by atoms with E-state index in [-0.39, 0.29) is 5.91 Å². The van der Waals surface area contributed by atoms with E-state index in [1.807, 2.05) is 30.5 Å². The molecule has 0 spiro atoms. The number of carbonyl (C=O) groups excluding carboxylic acids is 1. The molecule has 6 N–H and O–H groups in total. The monoisotopic (exact) mass is 415 g/mol. The Balaban J connectivity index is 1.39. The van der Waals surface area contributed by atoms with Gasteiger partial charge in [0.05, 0.1) is 5.52 Å². The zero-order valence-electron chi connectivity index (χ0n) is 17.6. The lowest BCUT2D eigenvalue weighted by Crippen LogP contribution is -2.47. The highest BCUT2D eigenvalue weighted by molar-refractivity contribution is 5.95. The number of piperidine rings is 1. The Morgan fingerprint density at radius 3 is 2.71 bits per heavy atom. The van der Waals surface area contributed by atoms with E-state index in [0.29, 0.717) is 29.4 Å². The van der Waals surface area contributed by atoms with Crippen molar-refractivity contribution in [3.05, 3.63) is 71.4 Å². The number of aromatic nitrogens is 1. The maximum atomic E-state index is 12.3. The van der Waals surface area contributed by atoms with Crippen molar-refractivity contribution in [2.24, 2.45) is 11.8 Å². The van der Waals surface area contributed by atoms with Gasteiger partial charge in [-0.15, -0.1) is 0 Å². The number of hydrogen-bond acceptors (Lipinski definition) is 5. The molecule has 6 nitrogen and oxygen atoms in total. The summed E-state index contributed by atoms with van der Waals surface area (Å²) in [6.07, 6.45) is 6.27. The molecular weight excluding hydrogens is 386 g/mol. The van der Waals surface area contributed by atoms with Crippen LogP contribution in [0.5, 0.6) is 0 Å². The second-order valence-electron chi connectivity index (χ2n) is 8.92. The summed E-state index contributed by atoms with van der Waals surface area (Å²) in [4.78, 5) is 16.7. The van der Waals surface area contributed by atoms with Crippen LogP contribution in [0.1, 0.15) is 59.0 Å². The number of hydrogen-bond donors (Lipinski definition) is 4. The SMILES string of the molecule is NNC(=O)c1ccccc1C1CNC2CCC(c3ccc4ncccc4c3N)CC2C1. The summed E-state index contributed by atoms with van der Waals surface area (Å²) >= 11 is 0. The molecule has 4 atom stereocenters. The third-order valence-electron chi connectivity index (χ3n) is 7.27. The maximum absolute atomic E-state index is 12.3. The van der Waals surface area contributed by atoms with Crippen LogP contribution in [0.15, 0.2) is 54.7 Å². The summed E-state index contributed by atoms with van der Waals surface area (Å²) in [5.74, 6) is 6.49. The Bertz CT molecular complexity index is 1110. The first-order valence-electron chi connectivity index (χ1n) is 11.1. The largest absolute Gasteiger partial charge is 0.398 e. The fraction of sp³-hybridized carbons (Fsp3) is 0.360. The van der Waals surface area contributed by atoms with Gasteiger partial charge < -0.3 is 11.1 Å². The quantitative estimate of drug-likeness (QED) is 0.227. The molecule has 2 aromatic carbocycles. The van der Waals surface area contributed by atoms with Crippen LogP contribution in [0.3, 0.4) is 0 Å². The number of nitrogens with zero attached hydrogens (tertiary/aromatic N) is 1. The van der Waals surface area contributed by atoms with Gasteiger partial charge in [-0.05, 0) is 78.8 Å². The van der Waals surface area contributed by atoms with Crippen molar-refractivity contribution in [3.63, 3.8) is 0 Å². The number of anilines is 1. The van der Waals surface area contributed by atoms with E-state index in [1.165, 1.54) is 5.56 Å². The molecule has 4 unspecified atom stereocenters. The van der Waals surface area contributed by atoms with Crippen LogP contribution in [-0.2, 0) is 0 Å². The molecule has 5 rings (SSSR count). The number of fused-ring (bicyclic) bond motifs is 2. The van der Waals surface area contributed by atoms with E-state index in [0.717, 1.165) is 54.4 Å². The van der Waals surface area contributed by atoms with Crippen molar-refractivity contribution in [2.45, 2.75) is 43.6 Å². The normalized spacial score (nSPS) is 25.7. The average molecular weight is 416 g/mol. The summed E-state index contributed by atoms with van der Waals surface area (Å²) in [5.41, 5.74) is 13.7. The lowest BCUT2D eigenvalue weighted by atomic mass is 9.68. The molecule has 1 amide bonds. The van der Waals surface area contributed by atoms with Crippen molar-refractivity contribution in [1.29, 1.82) is 0 Å². The second kappa shape index (κ2) is 8.29. The predicted octanol–water partition coefficient (Wildman–Crippen LogP) is 3.45. The lowest BCUT2D eigenvalue weighted by Gasteiger charge is -2.43. The van der Waals surface area contributed by atoms with Crippen LogP contribution < -0.4 is 22.3 Å². The fourth-order valence-corrected chi connectivity index (χ4v) is 5.74. The van der Waals surface area contributed by atoms with Crippen LogP contribution >= 0.6 is 0 Å². The first-order chi connectivity index (χ1) is 15.2. The number of pyridine rings is 1. The second-order valence-corrected chi connectivity index (χ2v) is 8.92. The number of nitrogens with two attached hydrogens (primary N) is 2. The van der Waals surface area contributed by atoms with Gasteiger partial charge in [-0.1, -0.05) is 24.3 Å². The fourth-order valence-electron chi connectivity index (χ4n) is 5.74. The van der Waals surface area contributed by atoms with Gasteiger partial charge in [0.25, 0.3) is 5.91 Å². The molecule has 2 fully saturated rings. The van der Waals surface area contributed by atoms with E-state index in [9.17, 15) is 4.79 Å². The smallest absolute Gasteiger partial charge is 0.265 e. The van der Waals surface area contributed by atoms with Crippen molar-refractivity contribution >= 4 is 22.5 Å². The van der Waals surface area contributed by atoms with E-state index < -0.39 is 0 Å². The van der Waals surface area contributed by atoms with Crippen LogP contribution in [0.25, 0.3) is 10.9 Å². The number of hydrazine groups is 1. The number of nitrogen functional groups attached to an aromatic ring is 2. The molecule has 1 saturated heterocycles. The molecule has 3 aromatic rings. The zero-order valence-corrected chi connectivity index (χ0v) is 17.6. The molecule has 0 radical (unpaired) electrons. The number of nitrogens with one attached hydrogen (secondary N) is 2. The van der Waals surface area contributed by atoms with Gasteiger partial charge in [-0.25, -0.2) is 5.84 Å². The topological polar surface area (TPSA) is 106 Å². The molecule has 1 aliphatic carbocycles. The molecule has 1 aromatic heterocycles. The van der Waals surface area contributed by atoms with E-state index in [4.69, 9.17) is 11.6 Å². The van der Waals surface area contributed by atoms with Gasteiger partial charge in [-0.2, -0.15) is 0 Å². The van der Waals surface area contributed by atoms with Crippen LogP contribution in [0, 0.1) is 5.92 Å². The summed E-state index contributed by atoms with van der Waals surface area (Å²) in [6, 6.07) is 16.6. The third kappa shape index (κ3) is 3.66. The Morgan fingerprint density at radius 1 is 1.00 bits per heavy atom. The minimum atomic E-state index is -0.225. The highest BCUT2D eigenvalue weighted by Crippen LogP contribution is 2.45. The molecule has 1 aliphatic heterocycles. The first kappa shape index (κ1) is 20.0. The van der Waals surface area contributed by atoms with Gasteiger partial charge >= 0.3 is 0 Å². The highest BCUT2D eigenvalue weighted by Gasteiger charge is 2.37. The Kier molecular flexibility index (Phi) is 5.34. The van der Waals surface area contributed by atoms with E-state index in [2.05, 4.69) is 40.0 Å². The molecule has 0 bridgehead atoms. The number of amides is 1. The molecule has 2 heterocycles. The number of carbonyl (C=O) groups is 1. The van der Waals surface area contributed by atoms with Crippen LogP contribution in [0.4, 0.5) is 5.69 Å². The first-order valence-corrected chi connectivity index (χ1v) is 11.1. The number of benzene rings is 2. The lowest BCUT2D eigenvalue weighted by molar-refractivity contribution is 0.0951. The molecule has 6 heteroatoms. The summed E-state index contributed by atoms with van der Waals surface area (Å²) in [7, 11) is 0. The Morgan fingerprint density at radius 2 is 1.84 bits per heavy atom. The van der Waals surface area contributed by atoms with Crippen LogP contribution in [0.2, 0.25) is 0 Å². The van der Waals surface area contributed by atoms with Gasteiger partial charge in [0.2, 0.25) is 0 Å². The molecule has 31 heavy (non-hydrogen) atoms. The molecule has 2 aliphatic rings. The predicted molar refractivity (Wildman–Crippen MR) is 123 cm³/mol. The van der Waals surface area contributed by atoms with Gasteiger partial charge in [0.1, 0.15) is 0 Å². The average Bonchev–Trinajstić information content (AvgIpc) is 2.83. The Labute approximate surface area is 182 Å². The minimum absolute atomic E-state index is 0.225. The van der Waals surface area contributed by atoms with Crippen molar-refractivity contribution in [1.82, 2.24) is 15.7 Å². The summed E-state index contributed by atoms with van der Waals surface area (Å²) in [6.45, 7) is 0.893.